The topological polar surface area (TPSA) is 119 Å². The number of fused-ring (bicyclic) bond motifs is 2. The Hall–Kier alpha value is -3.17. The fourth-order valence-corrected chi connectivity index (χ4v) is 5.51. The summed E-state index contributed by atoms with van der Waals surface area (Å²) in [5.74, 6) is -2.95. The second kappa shape index (κ2) is 6.66. The molecule has 0 radical (unpaired) electrons. The van der Waals surface area contributed by atoms with Crippen molar-refractivity contribution in [3.63, 3.8) is 0 Å². The van der Waals surface area contributed by atoms with Gasteiger partial charge in [0.05, 0.1) is 32.2 Å². The number of allylic oxidation sites excluding steroid dienone is 2. The molecule has 4 rings (SSSR count). The van der Waals surface area contributed by atoms with E-state index in [9.17, 15) is 24.0 Å². The molecule has 31 heavy (non-hydrogen) atoms. The van der Waals surface area contributed by atoms with Crippen LogP contribution in [0.5, 0.6) is 0 Å². The molecule has 2 aliphatic carbocycles. The third kappa shape index (κ3) is 2.53. The number of carbonyl (C=O) groups excluding carboxylic acids is 3. The quantitative estimate of drug-likeness (QED) is 0.617. The summed E-state index contributed by atoms with van der Waals surface area (Å²) >= 11 is 0. The zero-order chi connectivity index (χ0) is 23.0. The lowest BCUT2D eigenvalue weighted by atomic mass is 9.70. The smallest absolute Gasteiger partial charge is 0.347 e. The number of aromatic nitrogens is 3. The fourth-order valence-electron chi connectivity index (χ4n) is 5.51. The predicted molar refractivity (Wildman–Crippen MR) is 107 cm³/mol. The van der Waals surface area contributed by atoms with Crippen molar-refractivity contribution < 1.29 is 23.9 Å². The van der Waals surface area contributed by atoms with Crippen molar-refractivity contribution in [2.45, 2.75) is 39.3 Å². The van der Waals surface area contributed by atoms with Crippen LogP contribution in [0.2, 0.25) is 0 Å². The maximum absolute atomic E-state index is 13.5. The second-order valence-electron chi connectivity index (χ2n) is 8.84. The fraction of sp³-hybridized carbons (Fsp3) is 0.571. The summed E-state index contributed by atoms with van der Waals surface area (Å²) in [7, 11) is 3.85. The van der Waals surface area contributed by atoms with Crippen molar-refractivity contribution in [1.29, 1.82) is 0 Å². The maximum atomic E-state index is 13.5. The van der Waals surface area contributed by atoms with Crippen LogP contribution in [0.3, 0.4) is 0 Å². The normalized spacial score (nSPS) is 28.5. The minimum atomic E-state index is -1.00. The highest BCUT2D eigenvalue weighted by atomic mass is 16.5. The van der Waals surface area contributed by atoms with E-state index >= 15 is 0 Å². The monoisotopic (exact) mass is 431 g/mol. The first-order valence-corrected chi connectivity index (χ1v) is 10.0. The third-order valence-electron chi connectivity index (χ3n) is 6.96. The summed E-state index contributed by atoms with van der Waals surface area (Å²) < 4.78 is 13.5. The first-order chi connectivity index (χ1) is 14.5. The van der Waals surface area contributed by atoms with E-state index < -0.39 is 52.7 Å². The molecule has 0 aromatic carbocycles. The Kier molecular flexibility index (Phi) is 4.53. The Labute approximate surface area is 177 Å². The molecule has 0 amide bonds. The first kappa shape index (κ1) is 21.1. The highest BCUT2D eigenvalue weighted by Gasteiger charge is 2.59. The molecule has 0 fully saturated rings. The van der Waals surface area contributed by atoms with Crippen molar-refractivity contribution in [1.82, 2.24) is 13.9 Å². The van der Waals surface area contributed by atoms with Crippen molar-refractivity contribution in [2.75, 3.05) is 14.2 Å². The van der Waals surface area contributed by atoms with Gasteiger partial charge in [-0.1, -0.05) is 19.9 Å². The molecule has 10 heteroatoms. The van der Waals surface area contributed by atoms with Gasteiger partial charge in [-0.05, 0) is 12.5 Å². The van der Waals surface area contributed by atoms with Gasteiger partial charge in [0.1, 0.15) is 0 Å². The van der Waals surface area contributed by atoms with E-state index in [0.29, 0.717) is 11.1 Å². The molecule has 0 N–H and O–H groups in total. The lowest BCUT2D eigenvalue weighted by Crippen LogP contribution is -2.40. The van der Waals surface area contributed by atoms with Crippen LogP contribution in [0, 0.1) is 17.3 Å². The van der Waals surface area contributed by atoms with Gasteiger partial charge < -0.3 is 9.47 Å². The number of esters is 2. The molecule has 166 valence electrons. The Bertz CT molecular complexity index is 1210. The van der Waals surface area contributed by atoms with Crippen molar-refractivity contribution in [3.05, 3.63) is 43.8 Å². The Balaban J connectivity index is 2.09. The van der Waals surface area contributed by atoms with E-state index in [1.807, 2.05) is 0 Å². The SMILES string of the molecule is COC(=O)C1=C[C@@H](C(=O)OC)[C@@H]2C3=C(C(=O)C2(C)C)[C@H](C)n2c(=O)n(C)c(=O)n2[C@@H]3C1. The summed E-state index contributed by atoms with van der Waals surface area (Å²) in [6.07, 6.45) is 1.50. The standard InChI is InChI=1S/C21H25N3O7/c1-9-13-14-12(24-20(29)22(4)19(28)23(9)24)8-10(17(26)30-5)7-11(18(27)31-6)15(14)21(2,3)16(13)25/h7,9,11-12,15H,8H2,1-6H3/t9-,11+,12+,15+/m0/s1. The number of nitrogens with zero attached hydrogens (tertiary/aromatic N) is 3. The van der Waals surface area contributed by atoms with Gasteiger partial charge in [-0.25, -0.2) is 28.3 Å². The molecule has 0 unspecified atom stereocenters. The molecule has 0 bridgehead atoms. The Morgan fingerprint density at radius 2 is 1.68 bits per heavy atom. The largest absolute Gasteiger partial charge is 0.469 e. The molecule has 2 heterocycles. The highest BCUT2D eigenvalue weighted by Crippen LogP contribution is 2.57. The third-order valence-corrected chi connectivity index (χ3v) is 6.96. The molecule has 1 aliphatic heterocycles. The number of hydrogen-bond donors (Lipinski definition) is 0. The highest BCUT2D eigenvalue weighted by molar-refractivity contribution is 6.05. The van der Waals surface area contributed by atoms with Gasteiger partial charge >= 0.3 is 23.3 Å². The number of ether oxygens (including phenoxy) is 2. The van der Waals surface area contributed by atoms with Crippen LogP contribution in [0.25, 0.3) is 0 Å². The van der Waals surface area contributed by atoms with E-state index in [4.69, 9.17) is 9.47 Å². The van der Waals surface area contributed by atoms with Crippen molar-refractivity contribution >= 4 is 17.7 Å². The van der Waals surface area contributed by atoms with Crippen LogP contribution in [0.15, 0.2) is 32.4 Å². The van der Waals surface area contributed by atoms with Crippen molar-refractivity contribution in [2.24, 2.45) is 24.3 Å². The summed E-state index contributed by atoms with van der Waals surface area (Å²) in [5, 5.41) is 0. The Morgan fingerprint density at radius 1 is 1.06 bits per heavy atom. The number of rotatable bonds is 2. The molecule has 4 atom stereocenters. The van der Waals surface area contributed by atoms with E-state index in [0.717, 1.165) is 4.57 Å². The lowest BCUT2D eigenvalue weighted by molar-refractivity contribution is -0.146. The average Bonchev–Trinajstić information content (AvgIpc) is 2.99. The summed E-state index contributed by atoms with van der Waals surface area (Å²) in [4.78, 5) is 64.7. The van der Waals surface area contributed by atoms with Crippen LogP contribution in [-0.4, -0.2) is 45.9 Å². The minimum absolute atomic E-state index is 0.00887. The molecule has 1 aromatic rings. The molecule has 10 nitrogen and oxygen atoms in total. The van der Waals surface area contributed by atoms with E-state index in [1.54, 1.807) is 20.8 Å². The second-order valence-corrected chi connectivity index (χ2v) is 8.84. The van der Waals surface area contributed by atoms with Gasteiger partial charge in [0.2, 0.25) is 0 Å². The molecule has 0 saturated carbocycles. The molecular formula is C21H25N3O7. The van der Waals surface area contributed by atoms with Gasteiger partial charge in [-0.3, -0.25) is 9.59 Å². The van der Waals surface area contributed by atoms with Crippen LogP contribution in [0.4, 0.5) is 0 Å². The van der Waals surface area contributed by atoms with E-state index in [-0.39, 0.29) is 17.8 Å². The van der Waals surface area contributed by atoms with Gasteiger partial charge in [-0.15, -0.1) is 0 Å². The summed E-state index contributed by atoms with van der Waals surface area (Å²) in [5.41, 5.74) is -0.879. The lowest BCUT2D eigenvalue weighted by Gasteiger charge is -2.35. The van der Waals surface area contributed by atoms with Gasteiger partial charge in [0.25, 0.3) is 0 Å². The predicted octanol–water partition coefficient (Wildman–Crippen LogP) is 0.278. The minimum Gasteiger partial charge on any atom is -0.469 e. The van der Waals surface area contributed by atoms with Crippen LogP contribution >= 0.6 is 0 Å². The molecule has 1 aromatic heterocycles. The van der Waals surface area contributed by atoms with Crippen LogP contribution < -0.4 is 11.4 Å². The number of ketones is 1. The van der Waals surface area contributed by atoms with E-state index in [1.165, 1.54) is 36.7 Å². The number of hydrogen-bond acceptors (Lipinski definition) is 7. The van der Waals surface area contributed by atoms with E-state index in [2.05, 4.69) is 0 Å². The van der Waals surface area contributed by atoms with Crippen molar-refractivity contribution in [3.8, 4) is 0 Å². The molecule has 0 saturated heterocycles. The molecule has 0 spiro atoms. The molecular weight excluding hydrogens is 406 g/mol. The molecule has 3 aliphatic rings. The van der Waals surface area contributed by atoms with Crippen LogP contribution in [0.1, 0.15) is 39.3 Å². The number of methoxy groups -OCH3 is 2. The van der Waals surface area contributed by atoms with Crippen LogP contribution in [-0.2, 0) is 30.9 Å². The average molecular weight is 431 g/mol. The summed E-state index contributed by atoms with van der Waals surface area (Å²) in [6.45, 7) is 5.18. The number of carbonyl (C=O) groups is 3. The van der Waals surface area contributed by atoms with Gasteiger partial charge in [0, 0.05) is 35.9 Å². The number of Topliss-reactive ketones (excluding diaryl/α,β-unsaturated/α-hetero) is 1. The maximum Gasteiger partial charge on any atom is 0.347 e. The van der Waals surface area contributed by atoms with Gasteiger partial charge in [0.15, 0.2) is 5.78 Å². The first-order valence-electron chi connectivity index (χ1n) is 10.0. The Morgan fingerprint density at radius 3 is 2.26 bits per heavy atom. The zero-order valence-electron chi connectivity index (χ0n) is 18.3. The van der Waals surface area contributed by atoms with Gasteiger partial charge in [-0.2, -0.15) is 0 Å². The zero-order valence-corrected chi connectivity index (χ0v) is 18.3. The summed E-state index contributed by atoms with van der Waals surface area (Å²) in [6, 6.07) is -1.47.